The third kappa shape index (κ3) is 2.63. The van der Waals surface area contributed by atoms with Gasteiger partial charge in [-0.1, -0.05) is 12.1 Å². The maximum Gasteiger partial charge on any atom is 0.268 e. The van der Waals surface area contributed by atoms with E-state index in [9.17, 15) is 9.59 Å². The van der Waals surface area contributed by atoms with E-state index in [1.54, 1.807) is 0 Å². The van der Waals surface area contributed by atoms with E-state index in [1.165, 1.54) is 11.3 Å². The highest BCUT2D eigenvalue weighted by atomic mass is 32.1. The molecule has 1 fully saturated rings. The van der Waals surface area contributed by atoms with Crippen LogP contribution in [0.15, 0.2) is 35.7 Å². The van der Waals surface area contributed by atoms with Gasteiger partial charge in [-0.3, -0.25) is 9.59 Å². The number of amides is 2. The second kappa shape index (κ2) is 6.06. The first-order valence-corrected chi connectivity index (χ1v) is 9.31. The lowest BCUT2D eigenvalue weighted by Gasteiger charge is -2.25. The van der Waals surface area contributed by atoms with E-state index in [-0.39, 0.29) is 17.7 Å². The molecule has 0 bridgehead atoms. The monoisotopic (exact) mass is 340 g/mol. The Morgan fingerprint density at radius 2 is 1.71 bits per heavy atom. The van der Waals surface area contributed by atoms with Gasteiger partial charge in [0.15, 0.2) is 0 Å². The van der Waals surface area contributed by atoms with E-state index in [4.69, 9.17) is 0 Å². The van der Waals surface area contributed by atoms with Gasteiger partial charge in [0.2, 0.25) is 5.91 Å². The number of hydrogen-bond donors (Lipinski definition) is 0. The van der Waals surface area contributed by atoms with E-state index in [2.05, 4.69) is 0 Å². The van der Waals surface area contributed by atoms with Crippen LogP contribution in [0.2, 0.25) is 0 Å². The Morgan fingerprint density at radius 3 is 2.33 bits per heavy atom. The fourth-order valence-corrected chi connectivity index (χ4v) is 4.13. The molecule has 0 saturated heterocycles. The highest BCUT2D eigenvalue weighted by molar-refractivity contribution is 7.12. The molecule has 0 unspecified atom stereocenters. The maximum absolute atomic E-state index is 13.1. The van der Waals surface area contributed by atoms with Gasteiger partial charge < -0.3 is 9.80 Å². The van der Waals surface area contributed by atoms with E-state index < -0.39 is 0 Å². The molecule has 1 aromatic heterocycles. The van der Waals surface area contributed by atoms with Crippen LogP contribution in [0.4, 0.5) is 11.4 Å². The summed E-state index contributed by atoms with van der Waals surface area (Å²) in [6.45, 7) is 3.29. The van der Waals surface area contributed by atoms with Crippen LogP contribution < -0.4 is 9.80 Å². The third-order valence-electron chi connectivity index (χ3n) is 4.72. The van der Waals surface area contributed by atoms with Crippen molar-refractivity contribution >= 4 is 34.5 Å². The van der Waals surface area contributed by atoms with E-state index in [0.29, 0.717) is 13.1 Å². The summed E-state index contributed by atoms with van der Waals surface area (Å²) in [5.74, 6) is 0.430. The van der Waals surface area contributed by atoms with Crippen molar-refractivity contribution in [2.45, 2.75) is 26.2 Å². The van der Waals surface area contributed by atoms with Crippen LogP contribution >= 0.6 is 11.3 Å². The number of thiophene rings is 1. The molecule has 2 amide bonds. The van der Waals surface area contributed by atoms with Crippen LogP contribution in [0.1, 0.15) is 34.5 Å². The predicted molar refractivity (Wildman–Crippen MR) is 96.9 cm³/mol. The predicted octanol–water partition coefficient (Wildman–Crippen LogP) is 3.85. The standard InChI is InChI=1S/C19H20N2O2S/c1-13-9-12-24-17(13)19(23)21-11-4-10-20(18(22)14-7-8-14)15-5-2-3-6-16(15)21/h2-3,5-6,9,12,14H,4,7-8,10-11H2,1H3. The minimum absolute atomic E-state index is 0.0377. The van der Waals surface area contributed by atoms with Gasteiger partial charge in [0.1, 0.15) is 0 Å². The van der Waals surface area contributed by atoms with Crippen LogP contribution in [-0.4, -0.2) is 24.9 Å². The van der Waals surface area contributed by atoms with Gasteiger partial charge in [-0.2, -0.15) is 0 Å². The molecular formula is C19H20N2O2S. The Kier molecular flexibility index (Phi) is 3.88. The second-order valence-corrected chi connectivity index (χ2v) is 7.41. The summed E-state index contributed by atoms with van der Waals surface area (Å²) in [4.78, 5) is 30.2. The molecule has 0 spiro atoms. The Morgan fingerprint density at radius 1 is 1.04 bits per heavy atom. The van der Waals surface area contributed by atoms with E-state index in [0.717, 1.165) is 41.1 Å². The topological polar surface area (TPSA) is 40.6 Å². The molecule has 2 heterocycles. The average Bonchev–Trinajstić information content (AvgIpc) is 3.38. The van der Waals surface area contributed by atoms with Crippen LogP contribution in [0.5, 0.6) is 0 Å². The molecule has 0 N–H and O–H groups in total. The van der Waals surface area contributed by atoms with Crippen molar-refractivity contribution in [2.24, 2.45) is 5.92 Å². The molecule has 24 heavy (non-hydrogen) atoms. The van der Waals surface area contributed by atoms with Crippen LogP contribution in [0.25, 0.3) is 0 Å². The first-order valence-electron chi connectivity index (χ1n) is 8.43. The van der Waals surface area contributed by atoms with E-state index >= 15 is 0 Å². The normalized spacial score (nSPS) is 17.4. The third-order valence-corrected chi connectivity index (χ3v) is 5.73. The van der Waals surface area contributed by atoms with Crippen molar-refractivity contribution in [1.82, 2.24) is 0 Å². The first kappa shape index (κ1) is 15.4. The lowest BCUT2D eigenvalue weighted by atomic mass is 10.2. The van der Waals surface area contributed by atoms with Crippen molar-refractivity contribution < 1.29 is 9.59 Å². The molecule has 1 aliphatic carbocycles. The summed E-state index contributed by atoms with van der Waals surface area (Å²) >= 11 is 1.48. The molecule has 1 aliphatic heterocycles. The van der Waals surface area contributed by atoms with Crippen LogP contribution in [0, 0.1) is 12.8 Å². The van der Waals surface area contributed by atoms with Gasteiger partial charge in [0, 0.05) is 19.0 Å². The van der Waals surface area contributed by atoms with Gasteiger partial charge >= 0.3 is 0 Å². The number of carbonyl (C=O) groups excluding carboxylic acids is 2. The van der Waals surface area contributed by atoms with Crippen molar-refractivity contribution in [3.63, 3.8) is 0 Å². The van der Waals surface area contributed by atoms with Crippen molar-refractivity contribution in [2.75, 3.05) is 22.9 Å². The lowest BCUT2D eigenvalue weighted by molar-refractivity contribution is -0.119. The second-order valence-electron chi connectivity index (χ2n) is 6.50. The highest BCUT2D eigenvalue weighted by Crippen LogP contribution is 2.38. The molecular weight excluding hydrogens is 320 g/mol. The molecule has 0 radical (unpaired) electrons. The number of rotatable bonds is 2. The highest BCUT2D eigenvalue weighted by Gasteiger charge is 2.36. The zero-order valence-electron chi connectivity index (χ0n) is 13.7. The number of hydrogen-bond acceptors (Lipinski definition) is 3. The number of aryl methyl sites for hydroxylation is 1. The van der Waals surface area contributed by atoms with Crippen LogP contribution in [0.3, 0.4) is 0 Å². The SMILES string of the molecule is Cc1ccsc1C(=O)N1CCCN(C(=O)C2CC2)c2ccccc21. The molecule has 5 heteroatoms. The Labute approximate surface area is 145 Å². The summed E-state index contributed by atoms with van der Waals surface area (Å²) in [5.41, 5.74) is 2.73. The number of nitrogens with zero attached hydrogens (tertiary/aromatic N) is 2. The summed E-state index contributed by atoms with van der Waals surface area (Å²) < 4.78 is 0. The maximum atomic E-state index is 13.1. The van der Waals surface area contributed by atoms with Crippen LogP contribution in [-0.2, 0) is 4.79 Å². The molecule has 4 rings (SSSR count). The molecule has 0 atom stereocenters. The minimum atomic E-state index is 0.0377. The summed E-state index contributed by atoms with van der Waals surface area (Å²) in [6, 6.07) is 9.77. The van der Waals surface area contributed by atoms with Crippen molar-refractivity contribution in [1.29, 1.82) is 0 Å². The number of anilines is 2. The number of carbonyl (C=O) groups is 2. The Balaban J connectivity index is 1.73. The van der Waals surface area contributed by atoms with Gasteiger partial charge in [-0.05, 0) is 55.3 Å². The van der Waals surface area contributed by atoms with Gasteiger partial charge in [-0.25, -0.2) is 0 Å². The van der Waals surface area contributed by atoms with E-state index in [1.807, 2.05) is 52.4 Å². The number of para-hydroxylation sites is 2. The zero-order valence-corrected chi connectivity index (χ0v) is 14.5. The minimum Gasteiger partial charge on any atom is -0.310 e. The molecule has 1 aromatic carbocycles. The Hall–Kier alpha value is -2.14. The fraction of sp³-hybridized carbons (Fsp3) is 0.368. The number of benzene rings is 1. The largest absolute Gasteiger partial charge is 0.310 e. The molecule has 4 nitrogen and oxygen atoms in total. The van der Waals surface area contributed by atoms with Gasteiger partial charge in [0.05, 0.1) is 16.3 Å². The first-order chi connectivity index (χ1) is 11.7. The quantitative estimate of drug-likeness (QED) is 0.833. The van der Waals surface area contributed by atoms with Crippen molar-refractivity contribution in [3.8, 4) is 0 Å². The smallest absolute Gasteiger partial charge is 0.268 e. The summed E-state index contributed by atoms with van der Waals surface area (Å²) in [7, 11) is 0. The molecule has 2 aliphatic rings. The fourth-order valence-electron chi connectivity index (χ4n) is 3.25. The lowest BCUT2D eigenvalue weighted by Crippen LogP contribution is -2.32. The number of fused-ring (bicyclic) bond motifs is 1. The van der Waals surface area contributed by atoms with Gasteiger partial charge in [0.25, 0.3) is 5.91 Å². The van der Waals surface area contributed by atoms with Gasteiger partial charge in [-0.15, -0.1) is 11.3 Å². The summed E-state index contributed by atoms with van der Waals surface area (Å²) in [6.07, 6.45) is 2.78. The summed E-state index contributed by atoms with van der Waals surface area (Å²) in [5, 5.41) is 1.95. The molecule has 124 valence electrons. The Bertz CT molecular complexity index is 794. The molecule has 1 saturated carbocycles. The van der Waals surface area contributed by atoms with Crippen molar-refractivity contribution in [3.05, 3.63) is 46.2 Å². The zero-order chi connectivity index (χ0) is 16.7. The molecule has 2 aromatic rings. The average molecular weight is 340 g/mol.